The highest BCUT2D eigenvalue weighted by atomic mass is 79.9. The summed E-state index contributed by atoms with van der Waals surface area (Å²) in [5.74, 6) is -1.29. The third-order valence-corrected chi connectivity index (χ3v) is 3.75. The van der Waals surface area contributed by atoms with Crippen molar-refractivity contribution in [2.24, 2.45) is 5.92 Å². The van der Waals surface area contributed by atoms with E-state index in [1.807, 2.05) is 25.1 Å². The SMILES string of the molecule is Cc1cc(Br)ccc1NC(=O)N1CCC(C(=O)O)C1. The number of benzene rings is 1. The summed E-state index contributed by atoms with van der Waals surface area (Å²) in [5, 5.41) is 11.7. The largest absolute Gasteiger partial charge is 0.481 e. The van der Waals surface area contributed by atoms with Gasteiger partial charge in [0.1, 0.15) is 0 Å². The number of aryl methyl sites for hydroxylation is 1. The van der Waals surface area contributed by atoms with Gasteiger partial charge in [-0.15, -0.1) is 0 Å². The van der Waals surface area contributed by atoms with Gasteiger partial charge in [-0.3, -0.25) is 4.79 Å². The van der Waals surface area contributed by atoms with E-state index in [4.69, 9.17) is 5.11 Å². The zero-order chi connectivity index (χ0) is 14.0. The quantitative estimate of drug-likeness (QED) is 0.877. The fraction of sp³-hybridized carbons (Fsp3) is 0.385. The molecule has 2 rings (SSSR count). The van der Waals surface area contributed by atoms with Crippen molar-refractivity contribution in [3.63, 3.8) is 0 Å². The normalized spacial score (nSPS) is 18.4. The van der Waals surface area contributed by atoms with Gasteiger partial charge in [-0.2, -0.15) is 0 Å². The third kappa shape index (κ3) is 3.26. The Hall–Kier alpha value is -1.56. The molecule has 0 saturated carbocycles. The fourth-order valence-corrected chi connectivity index (χ4v) is 2.58. The van der Waals surface area contributed by atoms with Gasteiger partial charge < -0.3 is 15.3 Å². The van der Waals surface area contributed by atoms with E-state index in [0.29, 0.717) is 13.0 Å². The van der Waals surface area contributed by atoms with E-state index in [2.05, 4.69) is 21.2 Å². The highest BCUT2D eigenvalue weighted by Gasteiger charge is 2.30. The van der Waals surface area contributed by atoms with Crippen molar-refractivity contribution in [2.45, 2.75) is 13.3 Å². The van der Waals surface area contributed by atoms with Crippen molar-refractivity contribution in [3.05, 3.63) is 28.2 Å². The molecule has 0 aromatic heterocycles. The van der Waals surface area contributed by atoms with Crippen molar-refractivity contribution in [2.75, 3.05) is 18.4 Å². The molecular formula is C13H15BrN2O3. The molecule has 1 aliphatic heterocycles. The summed E-state index contributed by atoms with van der Waals surface area (Å²) in [5.41, 5.74) is 1.70. The lowest BCUT2D eigenvalue weighted by molar-refractivity contribution is -0.141. The molecule has 1 aromatic carbocycles. The fourth-order valence-electron chi connectivity index (χ4n) is 2.11. The molecule has 1 fully saturated rings. The average Bonchev–Trinajstić information content (AvgIpc) is 2.82. The number of hydrogen-bond acceptors (Lipinski definition) is 2. The molecule has 1 heterocycles. The average molecular weight is 327 g/mol. The number of halogens is 1. The van der Waals surface area contributed by atoms with Crippen LogP contribution in [0.5, 0.6) is 0 Å². The molecule has 1 aliphatic rings. The molecule has 0 spiro atoms. The summed E-state index contributed by atoms with van der Waals surface area (Å²) in [6.07, 6.45) is 0.516. The van der Waals surface area contributed by atoms with E-state index in [1.165, 1.54) is 0 Å². The second-order valence-corrected chi connectivity index (χ2v) is 5.57. The summed E-state index contributed by atoms with van der Waals surface area (Å²) < 4.78 is 0.954. The van der Waals surface area contributed by atoms with Gasteiger partial charge in [-0.05, 0) is 37.1 Å². The number of anilines is 1. The predicted molar refractivity (Wildman–Crippen MR) is 75.2 cm³/mol. The zero-order valence-electron chi connectivity index (χ0n) is 10.5. The lowest BCUT2D eigenvalue weighted by Crippen LogP contribution is -2.34. The Kier molecular flexibility index (Phi) is 4.09. The van der Waals surface area contributed by atoms with E-state index in [0.717, 1.165) is 15.7 Å². The molecule has 1 aromatic rings. The van der Waals surface area contributed by atoms with Gasteiger partial charge in [0.05, 0.1) is 5.92 Å². The van der Waals surface area contributed by atoms with Crippen LogP contribution in [0.25, 0.3) is 0 Å². The first-order chi connectivity index (χ1) is 8.97. The number of carboxylic acids is 1. The van der Waals surface area contributed by atoms with Crippen molar-refractivity contribution in [3.8, 4) is 0 Å². The van der Waals surface area contributed by atoms with Crippen LogP contribution in [0, 0.1) is 12.8 Å². The van der Waals surface area contributed by atoms with Crippen LogP contribution in [0.1, 0.15) is 12.0 Å². The van der Waals surface area contributed by atoms with Crippen molar-refractivity contribution in [1.29, 1.82) is 0 Å². The molecule has 2 N–H and O–H groups in total. The number of likely N-dealkylation sites (tertiary alicyclic amines) is 1. The second-order valence-electron chi connectivity index (χ2n) is 4.66. The maximum absolute atomic E-state index is 12.0. The number of amides is 2. The van der Waals surface area contributed by atoms with Gasteiger partial charge in [-0.25, -0.2) is 4.79 Å². The molecule has 0 bridgehead atoms. The monoisotopic (exact) mass is 326 g/mol. The molecule has 0 aliphatic carbocycles. The Morgan fingerprint density at radius 3 is 2.79 bits per heavy atom. The van der Waals surface area contributed by atoms with Crippen molar-refractivity contribution < 1.29 is 14.7 Å². The topological polar surface area (TPSA) is 69.6 Å². The standard InChI is InChI=1S/C13H15BrN2O3/c1-8-6-10(14)2-3-11(8)15-13(19)16-5-4-9(7-16)12(17)18/h2-3,6,9H,4-5,7H2,1H3,(H,15,19)(H,17,18). The van der Waals surface area contributed by atoms with E-state index in [9.17, 15) is 9.59 Å². The minimum absolute atomic E-state index is 0.242. The third-order valence-electron chi connectivity index (χ3n) is 3.25. The van der Waals surface area contributed by atoms with Crippen LogP contribution >= 0.6 is 15.9 Å². The number of aliphatic carboxylic acids is 1. The molecule has 1 saturated heterocycles. The lowest BCUT2D eigenvalue weighted by atomic mass is 10.1. The Labute approximate surface area is 119 Å². The molecule has 6 heteroatoms. The highest BCUT2D eigenvalue weighted by molar-refractivity contribution is 9.10. The molecule has 19 heavy (non-hydrogen) atoms. The molecule has 102 valence electrons. The number of urea groups is 1. The summed E-state index contributed by atoms with van der Waals surface area (Å²) in [6, 6.07) is 5.35. The van der Waals surface area contributed by atoms with E-state index in [1.54, 1.807) is 4.90 Å². The van der Waals surface area contributed by atoms with Gasteiger partial charge in [0, 0.05) is 23.2 Å². The van der Waals surface area contributed by atoms with Crippen LogP contribution in [0.2, 0.25) is 0 Å². The summed E-state index contributed by atoms with van der Waals surface area (Å²) in [7, 11) is 0. The Morgan fingerprint density at radius 1 is 1.47 bits per heavy atom. The second kappa shape index (κ2) is 5.61. The number of carboxylic acid groups (broad SMARTS) is 1. The van der Waals surface area contributed by atoms with Crippen molar-refractivity contribution >= 4 is 33.6 Å². The number of rotatable bonds is 2. The summed E-state index contributed by atoms with van der Waals surface area (Å²) in [6.45, 7) is 2.67. The molecule has 2 amide bonds. The number of nitrogens with zero attached hydrogens (tertiary/aromatic N) is 1. The Morgan fingerprint density at radius 2 is 2.21 bits per heavy atom. The van der Waals surface area contributed by atoms with Crippen LogP contribution in [0.4, 0.5) is 10.5 Å². The summed E-state index contributed by atoms with van der Waals surface area (Å²) in [4.78, 5) is 24.4. The Bertz CT molecular complexity index is 519. The zero-order valence-corrected chi connectivity index (χ0v) is 12.1. The van der Waals surface area contributed by atoms with Gasteiger partial charge in [-0.1, -0.05) is 15.9 Å². The van der Waals surface area contributed by atoms with Crippen LogP contribution in [0.3, 0.4) is 0 Å². The molecule has 5 nitrogen and oxygen atoms in total. The van der Waals surface area contributed by atoms with Crippen LogP contribution in [-0.4, -0.2) is 35.1 Å². The first-order valence-electron chi connectivity index (χ1n) is 6.02. The van der Waals surface area contributed by atoms with Gasteiger partial charge in [0.15, 0.2) is 0 Å². The molecule has 0 radical (unpaired) electrons. The van der Waals surface area contributed by atoms with E-state index in [-0.39, 0.29) is 12.6 Å². The van der Waals surface area contributed by atoms with Crippen LogP contribution in [0.15, 0.2) is 22.7 Å². The molecule has 1 atom stereocenters. The predicted octanol–water partition coefficient (Wildman–Crippen LogP) is 2.70. The number of nitrogens with one attached hydrogen (secondary N) is 1. The van der Waals surface area contributed by atoms with Crippen LogP contribution in [-0.2, 0) is 4.79 Å². The minimum Gasteiger partial charge on any atom is -0.481 e. The Balaban J connectivity index is 2.00. The maximum atomic E-state index is 12.0. The first-order valence-corrected chi connectivity index (χ1v) is 6.81. The van der Waals surface area contributed by atoms with Gasteiger partial charge in [0.25, 0.3) is 0 Å². The van der Waals surface area contributed by atoms with Gasteiger partial charge in [0.2, 0.25) is 0 Å². The number of carbonyl (C=O) groups excluding carboxylic acids is 1. The summed E-state index contributed by atoms with van der Waals surface area (Å²) >= 11 is 3.36. The van der Waals surface area contributed by atoms with Crippen molar-refractivity contribution in [1.82, 2.24) is 4.90 Å². The molecule has 1 unspecified atom stereocenters. The molecular weight excluding hydrogens is 312 g/mol. The first kappa shape index (κ1) is 13.9. The van der Waals surface area contributed by atoms with E-state index >= 15 is 0 Å². The lowest BCUT2D eigenvalue weighted by Gasteiger charge is -2.17. The minimum atomic E-state index is -0.838. The maximum Gasteiger partial charge on any atom is 0.321 e. The number of carbonyl (C=O) groups is 2. The van der Waals surface area contributed by atoms with E-state index < -0.39 is 11.9 Å². The van der Waals surface area contributed by atoms with Crippen LogP contribution < -0.4 is 5.32 Å². The highest BCUT2D eigenvalue weighted by Crippen LogP contribution is 2.22. The van der Waals surface area contributed by atoms with Gasteiger partial charge >= 0.3 is 12.0 Å². The smallest absolute Gasteiger partial charge is 0.321 e. The number of hydrogen-bond donors (Lipinski definition) is 2.